The van der Waals surface area contributed by atoms with Crippen LogP contribution in [0.15, 0.2) is 28.7 Å². The van der Waals surface area contributed by atoms with Crippen LogP contribution in [-0.4, -0.2) is 6.54 Å². The number of para-hydroxylation sites is 1. The topological polar surface area (TPSA) is 39.2 Å². The van der Waals surface area contributed by atoms with Crippen molar-refractivity contribution in [2.45, 2.75) is 19.3 Å². The van der Waals surface area contributed by atoms with Crippen molar-refractivity contribution in [2.24, 2.45) is 5.73 Å². The van der Waals surface area contributed by atoms with Crippen molar-refractivity contribution < 1.29 is 4.42 Å². The zero-order valence-corrected chi connectivity index (χ0v) is 9.64. The van der Waals surface area contributed by atoms with Crippen LogP contribution < -0.4 is 5.73 Å². The van der Waals surface area contributed by atoms with E-state index in [-0.39, 0.29) is 5.41 Å². The molecule has 0 spiro atoms. The maximum atomic E-state index is 6.04. The van der Waals surface area contributed by atoms with Gasteiger partial charge in [-0.1, -0.05) is 37.6 Å². The van der Waals surface area contributed by atoms with Crippen molar-refractivity contribution >= 4 is 22.6 Å². The maximum Gasteiger partial charge on any atom is 0.152 e. The van der Waals surface area contributed by atoms with Gasteiger partial charge in [0.05, 0.1) is 5.02 Å². The Morgan fingerprint density at radius 3 is 2.73 bits per heavy atom. The molecule has 0 unspecified atom stereocenters. The summed E-state index contributed by atoms with van der Waals surface area (Å²) in [7, 11) is 0. The highest BCUT2D eigenvalue weighted by atomic mass is 35.5. The first-order chi connectivity index (χ1) is 7.04. The van der Waals surface area contributed by atoms with Gasteiger partial charge in [-0.15, -0.1) is 0 Å². The molecular formula is C12H14ClNO. The Hall–Kier alpha value is -0.990. The third kappa shape index (κ3) is 1.75. The molecule has 0 saturated heterocycles. The third-order valence-electron chi connectivity index (χ3n) is 2.67. The minimum Gasteiger partial charge on any atom is -0.459 e. The van der Waals surface area contributed by atoms with Crippen LogP contribution >= 0.6 is 11.6 Å². The second-order valence-corrected chi connectivity index (χ2v) is 4.76. The van der Waals surface area contributed by atoms with Gasteiger partial charge in [0.25, 0.3) is 0 Å². The molecule has 3 heteroatoms. The smallest absolute Gasteiger partial charge is 0.152 e. The van der Waals surface area contributed by atoms with Crippen LogP contribution in [0.2, 0.25) is 5.02 Å². The highest BCUT2D eigenvalue weighted by Gasteiger charge is 2.23. The molecule has 2 rings (SSSR count). The standard InChI is InChI=1S/C12H14ClNO/c1-12(2,7-14)10-6-8-4-3-5-9(13)11(8)15-10/h3-6H,7,14H2,1-2H3. The van der Waals surface area contributed by atoms with E-state index in [2.05, 4.69) is 13.8 Å². The van der Waals surface area contributed by atoms with Gasteiger partial charge in [0.1, 0.15) is 5.76 Å². The Kier molecular flexibility index (Phi) is 2.49. The summed E-state index contributed by atoms with van der Waals surface area (Å²) in [6, 6.07) is 7.74. The largest absolute Gasteiger partial charge is 0.459 e. The molecule has 0 amide bonds. The number of furan rings is 1. The molecule has 0 aliphatic carbocycles. The Morgan fingerprint density at radius 2 is 2.13 bits per heavy atom. The fraction of sp³-hybridized carbons (Fsp3) is 0.333. The summed E-state index contributed by atoms with van der Waals surface area (Å²) < 4.78 is 5.74. The van der Waals surface area contributed by atoms with Gasteiger partial charge >= 0.3 is 0 Å². The van der Waals surface area contributed by atoms with Crippen LogP contribution in [0.3, 0.4) is 0 Å². The first-order valence-corrected chi connectivity index (χ1v) is 5.31. The number of nitrogens with two attached hydrogens (primary N) is 1. The molecular weight excluding hydrogens is 210 g/mol. The van der Waals surface area contributed by atoms with E-state index in [1.807, 2.05) is 24.3 Å². The Morgan fingerprint density at radius 1 is 1.40 bits per heavy atom. The second-order valence-electron chi connectivity index (χ2n) is 4.36. The van der Waals surface area contributed by atoms with Gasteiger partial charge in [0, 0.05) is 17.3 Å². The number of halogens is 1. The van der Waals surface area contributed by atoms with Gasteiger partial charge in [-0.2, -0.15) is 0 Å². The number of hydrogen-bond acceptors (Lipinski definition) is 2. The fourth-order valence-electron chi connectivity index (χ4n) is 1.46. The molecule has 1 aromatic carbocycles. The van der Waals surface area contributed by atoms with Crippen LogP contribution in [-0.2, 0) is 5.41 Å². The summed E-state index contributed by atoms with van der Waals surface area (Å²) in [6.07, 6.45) is 0. The van der Waals surface area contributed by atoms with Crippen molar-refractivity contribution in [3.8, 4) is 0 Å². The van der Waals surface area contributed by atoms with Crippen LogP contribution in [0.1, 0.15) is 19.6 Å². The van der Waals surface area contributed by atoms with Crippen LogP contribution in [0.5, 0.6) is 0 Å². The average Bonchev–Trinajstić information content (AvgIpc) is 2.64. The minimum atomic E-state index is -0.150. The Labute approximate surface area is 94.0 Å². The molecule has 0 fully saturated rings. The van der Waals surface area contributed by atoms with Crippen molar-refractivity contribution in [1.29, 1.82) is 0 Å². The molecule has 2 nitrogen and oxygen atoms in total. The van der Waals surface area contributed by atoms with E-state index in [0.29, 0.717) is 11.6 Å². The second kappa shape index (κ2) is 3.54. The summed E-state index contributed by atoms with van der Waals surface area (Å²) in [6.45, 7) is 4.65. The van der Waals surface area contributed by atoms with E-state index in [9.17, 15) is 0 Å². The van der Waals surface area contributed by atoms with E-state index < -0.39 is 0 Å². The van der Waals surface area contributed by atoms with Crippen molar-refractivity contribution in [2.75, 3.05) is 6.54 Å². The molecule has 2 N–H and O–H groups in total. The van der Waals surface area contributed by atoms with Gasteiger partial charge < -0.3 is 10.2 Å². The number of fused-ring (bicyclic) bond motifs is 1. The van der Waals surface area contributed by atoms with Crippen molar-refractivity contribution in [3.05, 3.63) is 35.0 Å². The zero-order chi connectivity index (χ0) is 11.1. The molecule has 0 aliphatic rings. The third-order valence-corrected chi connectivity index (χ3v) is 2.97. The lowest BCUT2D eigenvalue weighted by Gasteiger charge is -2.18. The summed E-state index contributed by atoms with van der Waals surface area (Å²) in [4.78, 5) is 0. The number of hydrogen-bond donors (Lipinski definition) is 1. The monoisotopic (exact) mass is 223 g/mol. The molecule has 15 heavy (non-hydrogen) atoms. The van der Waals surface area contributed by atoms with E-state index in [0.717, 1.165) is 16.7 Å². The van der Waals surface area contributed by atoms with Crippen LogP contribution in [0.25, 0.3) is 11.0 Å². The van der Waals surface area contributed by atoms with Crippen molar-refractivity contribution in [3.63, 3.8) is 0 Å². The average molecular weight is 224 g/mol. The molecule has 1 aromatic heterocycles. The zero-order valence-electron chi connectivity index (χ0n) is 8.88. The van der Waals surface area contributed by atoms with E-state index in [4.69, 9.17) is 21.8 Å². The molecule has 0 radical (unpaired) electrons. The lowest BCUT2D eigenvalue weighted by atomic mass is 9.90. The van der Waals surface area contributed by atoms with E-state index in [1.165, 1.54) is 0 Å². The fourth-order valence-corrected chi connectivity index (χ4v) is 1.68. The maximum absolute atomic E-state index is 6.04. The SMILES string of the molecule is CC(C)(CN)c1cc2cccc(Cl)c2o1. The summed E-state index contributed by atoms with van der Waals surface area (Å²) in [5.74, 6) is 0.883. The van der Waals surface area contributed by atoms with Gasteiger partial charge in [-0.05, 0) is 12.1 Å². The quantitative estimate of drug-likeness (QED) is 0.848. The molecule has 0 aliphatic heterocycles. The lowest BCUT2D eigenvalue weighted by molar-refractivity contribution is 0.409. The molecule has 2 aromatic rings. The van der Waals surface area contributed by atoms with Gasteiger partial charge in [0.15, 0.2) is 5.58 Å². The molecule has 0 atom stereocenters. The highest BCUT2D eigenvalue weighted by Crippen LogP contribution is 2.32. The van der Waals surface area contributed by atoms with E-state index >= 15 is 0 Å². The van der Waals surface area contributed by atoms with Crippen molar-refractivity contribution in [1.82, 2.24) is 0 Å². The van der Waals surface area contributed by atoms with Crippen LogP contribution in [0, 0.1) is 0 Å². The molecule has 0 bridgehead atoms. The van der Waals surface area contributed by atoms with Gasteiger partial charge in [-0.3, -0.25) is 0 Å². The molecule has 0 saturated carbocycles. The summed E-state index contributed by atoms with van der Waals surface area (Å²) in [5, 5.41) is 1.67. The molecule has 1 heterocycles. The molecule has 80 valence electrons. The van der Waals surface area contributed by atoms with E-state index in [1.54, 1.807) is 0 Å². The Bertz CT molecular complexity index is 487. The summed E-state index contributed by atoms with van der Waals surface area (Å²) in [5.41, 5.74) is 6.30. The minimum absolute atomic E-state index is 0.150. The highest BCUT2D eigenvalue weighted by molar-refractivity contribution is 6.34. The van der Waals surface area contributed by atoms with Crippen LogP contribution in [0.4, 0.5) is 0 Å². The number of benzene rings is 1. The normalized spacial score (nSPS) is 12.3. The number of rotatable bonds is 2. The van der Waals surface area contributed by atoms with Gasteiger partial charge in [0.2, 0.25) is 0 Å². The Balaban J connectivity index is 2.62. The summed E-state index contributed by atoms with van der Waals surface area (Å²) >= 11 is 6.04. The predicted molar refractivity (Wildman–Crippen MR) is 63.3 cm³/mol. The lowest BCUT2D eigenvalue weighted by Crippen LogP contribution is -2.27. The predicted octanol–water partition coefficient (Wildman–Crippen LogP) is 3.32. The first kappa shape index (κ1) is 10.5. The first-order valence-electron chi connectivity index (χ1n) is 4.93. The van der Waals surface area contributed by atoms with Gasteiger partial charge in [-0.25, -0.2) is 0 Å².